The molecule has 0 radical (unpaired) electrons. The summed E-state index contributed by atoms with van der Waals surface area (Å²) in [6.07, 6.45) is 15.4. The topological polar surface area (TPSA) is 86.7 Å². The van der Waals surface area contributed by atoms with E-state index in [2.05, 4.69) is 6.92 Å². The van der Waals surface area contributed by atoms with Crippen molar-refractivity contribution in [3.05, 3.63) is 48.0 Å². The van der Waals surface area contributed by atoms with Crippen molar-refractivity contribution in [3.8, 4) is 17.2 Å². The molecule has 0 heterocycles. The maximum absolute atomic E-state index is 12.1. The van der Waals surface area contributed by atoms with E-state index in [0.29, 0.717) is 5.75 Å². The van der Waals surface area contributed by atoms with E-state index in [0.717, 1.165) is 30.5 Å². The van der Waals surface area contributed by atoms with Crippen LogP contribution in [0.1, 0.15) is 83.1 Å². The van der Waals surface area contributed by atoms with E-state index in [1.165, 1.54) is 70.3 Å². The molecule has 2 aromatic carbocycles. The normalized spacial score (nSPS) is 11.2. The third kappa shape index (κ3) is 11.6. The maximum atomic E-state index is 12.1. The fourth-order valence-electron chi connectivity index (χ4n) is 3.62. The Morgan fingerprint density at radius 2 is 1.44 bits per heavy atom. The van der Waals surface area contributed by atoms with Gasteiger partial charge in [0, 0.05) is 0 Å². The van der Waals surface area contributed by atoms with E-state index in [4.69, 9.17) is 9.29 Å². The molecule has 0 atom stereocenters. The number of rotatable bonds is 15. The molecule has 0 unspecified atom stereocenters. The molecular formula is C25H35KO5S. The molecule has 2 rings (SSSR count). The fourth-order valence-corrected chi connectivity index (χ4v) is 4.11. The van der Waals surface area contributed by atoms with Crippen molar-refractivity contribution in [2.75, 3.05) is 0 Å². The van der Waals surface area contributed by atoms with Crippen LogP contribution in [0.15, 0.2) is 47.4 Å². The van der Waals surface area contributed by atoms with Gasteiger partial charge in [-0.15, -0.1) is 0 Å². The van der Waals surface area contributed by atoms with Gasteiger partial charge in [-0.3, -0.25) is 4.55 Å². The molecule has 2 aromatic rings. The van der Waals surface area contributed by atoms with Gasteiger partial charge in [-0.2, -0.15) is 8.42 Å². The Morgan fingerprint density at radius 3 is 2.00 bits per heavy atom. The van der Waals surface area contributed by atoms with Gasteiger partial charge in [0.15, 0.2) is 0 Å². The Bertz CT molecular complexity index is 899. The standard InChI is InChI=1S/C25H36O5S.K/c1-2-3-4-5-6-7-8-9-10-11-12-14-21-15-13-16-22(19-21)30-25-18-17-23(20-24(25)26)31(27,28)29;/h13,15-20,26H,2-12,14H2,1H3,(H,27,28,29);/q;+1/p-1. The molecule has 5 nitrogen and oxygen atoms in total. The first kappa shape index (κ1) is 29.6. The van der Waals surface area contributed by atoms with Crippen LogP contribution >= 0.6 is 0 Å². The largest absolute Gasteiger partial charge is 1.00 e. The van der Waals surface area contributed by atoms with Gasteiger partial charge in [0.05, 0.1) is 4.90 Å². The zero-order valence-corrected chi connectivity index (χ0v) is 23.5. The van der Waals surface area contributed by atoms with Gasteiger partial charge >= 0.3 is 51.4 Å². The minimum absolute atomic E-state index is 0. The minimum Gasteiger partial charge on any atom is -0.870 e. The van der Waals surface area contributed by atoms with E-state index < -0.39 is 20.8 Å². The van der Waals surface area contributed by atoms with Crippen LogP contribution in [0.25, 0.3) is 0 Å². The second-order valence-corrected chi connectivity index (χ2v) is 9.54. The van der Waals surface area contributed by atoms with E-state index in [1.807, 2.05) is 18.2 Å². The molecule has 0 amide bonds. The van der Waals surface area contributed by atoms with Crippen molar-refractivity contribution >= 4 is 10.1 Å². The van der Waals surface area contributed by atoms with Crippen LogP contribution in [0.3, 0.4) is 0 Å². The van der Waals surface area contributed by atoms with E-state index in [-0.39, 0.29) is 57.1 Å². The number of aryl methyl sites for hydroxylation is 1. The number of benzene rings is 2. The van der Waals surface area contributed by atoms with Gasteiger partial charge in [0.25, 0.3) is 10.1 Å². The Morgan fingerprint density at radius 1 is 0.844 bits per heavy atom. The molecule has 172 valence electrons. The number of unbranched alkanes of at least 4 members (excludes halogenated alkanes) is 10. The third-order valence-electron chi connectivity index (χ3n) is 5.41. The summed E-state index contributed by atoms with van der Waals surface area (Å²) in [6, 6.07) is 10.9. The molecule has 1 N–H and O–H groups in total. The number of hydrogen-bond donors (Lipinski definition) is 1. The SMILES string of the molecule is CCCCCCCCCCCCCc1cccc(Oc2ccc(S(=O)(=O)O)cc2[O-])c1.[K+]. The summed E-state index contributed by atoms with van der Waals surface area (Å²) >= 11 is 0. The Balaban J connectivity index is 0.00000512. The molecule has 32 heavy (non-hydrogen) atoms. The van der Waals surface area contributed by atoms with Crippen LogP contribution < -0.4 is 61.2 Å². The summed E-state index contributed by atoms with van der Waals surface area (Å²) < 4.78 is 36.9. The van der Waals surface area contributed by atoms with Gasteiger partial charge in [-0.25, -0.2) is 0 Å². The summed E-state index contributed by atoms with van der Waals surface area (Å²) in [6.45, 7) is 2.25. The molecular weight excluding hydrogens is 451 g/mol. The van der Waals surface area contributed by atoms with Crippen molar-refractivity contribution in [2.45, 2.75) is 88.9 Å². The van der Waals surface area contributed by atoms with E-state index >= 15 is 0 Å². The van der Waals surface area contributed by atoms with Crippen LogP contribution in [-0.4, -0.2) is 13.0 Å². The first-order valence-electron chi connectivity index (χ1n) is 11.5. The van der Waals surface area contributed by atoms with Gasteiger partial charge in [0.2, 0.25) is 0 Å². The first-order valence-corrected chi connectivity index (χ1v) is 12.9. The molecule has 0 bridgehead atoms. The van der Waals surface area contributed by atoms with Crippen LogP contribution in [0.5, 0.6) is 17.2 Å². The van der Waals surface area contributed by atoms with Crippen LogP contribution in [0, 0.1) is 0 Å². The summed E-state index contributed by atoms with van der Waals surface area (Å²) in [7, 11) is -4.40. The molecule has 0 aliphatic rings. The van der Waals surface area contributed by atoms with Crippen molar-refractivity contribution in [3.63, 3.8) is 0 Å². The monoisotopic (exact) mass is 486 g/mol. The predicted octanol–water partition coefficient (Wildman–Crippen LogP) is 3.66. The van der Waals surface area contributed by atoms with Crippen molar-refractivity contribution < 1.29 is 74.2 Å². The molecule has 7 heteroatoms. The summed E-state index contributed by atoms with van der Waals surface area (Å²) in [5.74, 6) is -0.0255. The summed E-state index contributed by atoms with van der Waals surface area (Å²) in [5, 5.41) is 12.1. The van der Waals surface area contributed by atoms with Crippen molar-refractivity contribution in [1.29, 1.82) is 0 Å². The molecule has 0 saturated carbocycles. The van der Waals surface area contributed by atoms with Crippen LogP contribution in [-0.2, 0) is 16.5 Å². The Hall–Kier alpha value is -0.414. The Kier molecular flexibility index (Phi) is 15.0. The molecule has 0 spiro atoms. The fraction of sp³-hybridized carbons (Fsp3) is 0.520. The van der Waals surface area contributed by atoms with Crippen molar-refractivity contribution in [2.24, 2.45) is 0 Å². The van der Waals surface area contributed by atoms with Gasteiger partial charge in [-0.1, -0.05) is 89.0 Å². The molecule has 0 fully saturated rings. The maximum Gasteiger partial charge on any atom is 1.00 e. The Labute approximate surface area is 236 Å². The summed E-state index contributed by atoms with van der Waals surface area (Å²) in [4.78, 5) is -0.435. The van der Waals surface area contributed by atoms with E-state index in [1.54, 1.807) is 6.07 Å². The van der Waals surface area contributed by atoms with Crippen LogP contribution in [0.2, 0.25) is 0 Å². The number of hydrogen-bond acceptors (Lipinski definition) is 4. The first-order chi connectivity index (χ1) is 14.9. The molecule has 0 aliphatic heterocycles. The second-order valence-electron chi connectivity index (χ2n) is 8.12. The molecule has 0 aromatic heterocycles. The average molecular weight is 487 g/mol. The van der Waals surface area contributed by atoms with Gasteiger partial charge in [-0.05, 0) is 48.7 Å². The van der Waals surface area contributed by atoms with Crippen LogP contribution in [0.4, 0.5) is 0 Å². The number of ether oxygens (including phenoxy) is 1. The molecule has 0 saturated heterocycles. The van der Waals surface area contributed by atoms with E-state index in [9.17, 15) is 13.5 Å². The summed E-state index contributed by atoms with van der Waals surface area (Å²) in [5.41, 5.74) is 1.15. The smallest absolute Gasteiger partial charge is 0.870 e. The zero-order valence-electron chi connectivity index (χ0n) is 19.5. The van der Waals surface area contributed by atoms with Crippen molar-refractivity contribution in [1.82, 2.24) is 0 Å². The average Bonchev–Trinajstić information content (AvgIpc) is 2.73. The predicted molar refractivity (Wildman–Crippen MR) is 122 cm³/mol. The molecule has 0 aliphatic carbocycles. The van der Waals surface area contributed by atoms with Gasteiger partial charge in [0.1, 0.15) is 11.5 Å². The second kappa shape index (κ2) is 16.3. The minimum atomic E-state index is -4.40. The zero-order chi connectivity index (χ0) is 22.5. The van der Waals surface area contributed by atoms with Gasteiger partial charge < -0.3 is 9.84 Å². The third-order valence-corrected chi connectivity index (χ3v) is 6.26. The quantitative estimate of drug-likeness (QED) is 0.236.